The van der Waals surface area contributed by atoms with E-state index in [1.807, 2.05) is 48.5 Å². The maximum atomic E-state index is 12.3. The minimum Gasteiger partial charge on any atom is -0.497 e. The van der Waals surface area contributed by atoms with Crippen molar-refractivity contribution in [3.8, 4) is 11.5 Å². The molecule has 1 amide bonds. The number of pyridine rings is 1. The zero-order valence-electron chi connectivity index (χ0n) is 16.3. The molecule has 0 fully saturated rings. The maximum absolute atomic E-state index is 12.3. The van der Waals surface area contributed by atoms with Crippen molar-refractivity contribution in [1.29, 1.82) is 0 Å². The highest BCUT2D eigenvalue weighted by molar-refractivity contribution is 6.30. The number of hydrazone groups is 1. The number of rotatable bonds is 4. The summed E-state index contributed by atoms with van der Waals surface area (Å²) in [5, 5.41) is 7.32. The molecule has 29 heavy (non-hydrogen) atoms. The first-order valence-corrected chi connectivity index (χ1v) is 9.54. The number of carbonyl (C=O) groups is 1. The molecule has 1 aliphatic rings. The summed E-state index contributed by atoms with van der Waals surface area (Å²) >= 11 is 6.54. The Kier molecular flexibility index (Phi) is 5.11. The summed E-state index contributed by atoms with van der Waals surface area (Å²) < 4.78 is 10.7. The van der Waals surface area contributed by atoms with Crippen molar-refractivity contribution in [2.75, 3.05) is 14.2 Å². The third-order valence-electron chi connectivity index (χ3n) is 5.02. The maximum Gasteiger partial charge on any atom is 0.240 e. The van der Waals surface area contributed by atoms with Gasteiger partial charge in [0, 0.05) is 35.9 Å². The SMILES string of the molecule is COc1ccc2cc([C@@H]3CC(c4ccccc4OC)=NN3C(C)=O)c(Cl)nc2c1. The molecule has 1 atom stereocenters. The molecule has 0 aliphatic carbocycles. The van der Waals surface area contributed by atoms with E-state index in [1.54, 1.807) is 14.2 Å². The van der Waals surface area contributed by atoms with E-state index in [0.717, 1.165) is 27.7 Å². The van der Waals surface area contributed by atoms with Gasteiger partial charge in [0.05, 0.1) is 31.5 Å². The molecular formula is C22H20ClN3O3. The van der Waals surface area contributed by atoms with Crippen LogP contribution in [-0.4, -0.2) is 35.8 Å². The van der Waals surface area contributed by atoms with Gasteiger partial charge in [-0.15, -0.1) is 0 Å². The molecule has 0 bridgehead atoms. The summed E-state index contributed by atoms with van der Waals surface area (Å²) in [7, 11) is 3.23. The van der Waals surface area contributed by atoms with Crippen LogP contribution >= 0.6 is 11.6 Å². The van der Waals surface area contributed by atoms with Gasteiger partial charge in [0.15, 0.2) is 0 Å². The van der Waals surface area contributed by atoms with Gasteiger partial charge in [0.25, 0.3) is 0 Å². The molecule has 1 aliphatic heterocycles. The Labute approximate surface area is 173 Å². The van der Waals surface area contributed by atoms with Crippen LogP contribution in [0.4, 0.5) is 0 Å². The van der Waals surface area contributed by atoms with Gasteiger partial charge in [0.2, 0.25) is 5.91 Å². The van der Waals surface area contributed by atoms with E-state index in [4.69, 9.17) is 21.1 Å². The molecule has 0 saturated carbocycles. The molecule has 2 heterocycles. The average Bonchev–Trinajstić information content (AvgIpc) is 3.18. The Morgan fingerprint density at radius 1 is 1.14 bits per heavy atom. The highest BCUT2D eigenvalue weighted by atomic mass is 35.5. The second kappa shape index (κ2) is 7.72. The van der Waals surface area contributed by atoms with Gasteiger partial charge in [-0.3, -0.25) is 4.79 Å². The van der Waals surface area contributed by atoms with E-state index in [2.05, 4.69) is 10.1 Å². The fourth-order valence-corrected chi connectivity index (χ4v) is 3.86. The number of amides is 1. The fraction of sp³-hybridized carbons (Fsp3) is 0.227. The summed E-state index contributed by atoms with van der Waals surface area (Å²) in [6.45, 7) is 1.49. The lowest BCUT2D eigenvalue weighted by molar-refractivity contribution is -0.130. The first-order valence-electron chi connectivity index (χ1n) is 9.16. The predicted molar refractivity (Wildman–Crippen MR) is 113 cm³/mol. The van der Waals surface area contributed by atoms with Crippen LogP contribution in [0, 0.1) is 0 Å². The third kappa shape index (κ3) is 3.51. The van der Waals surface area contributed by atoms with Crippen molar-refractivity contribution < 1.29 is 14.3 Å². The molecule has 0 saturated heterocycles. The molecule has 0 spiro atoms. The molecule has 0 radical (unpaired) electrons. The zero-order valence-corrected chi connectivity index (χ0v) is 17.1. The smallest absolute Gasteiger partial charge is 0.240 e. The Bertz CT molecular complexity index is 1130. The quantitative estimate of drug-likeness (QED) is 0.590. The molecule has 7 heteroatoms. The normalized spacial score (nSPS) is 16.1. The van der Waals surface area contributed by atoms with E-state index in [-0.39, 0.29) is 11.9 Å². The number of carbonyl (C=O) groups excluding carboxylic acids is 1. The highest BCUT2D eigenvalue weighted by Crippen LogP contribution is 2.38. The number of nitrogens with zero attached hydrogens (tertiary/aromatic N) is 3. The van der Waals surface area contributed by atoms with Crippen LogP contribution in [0.15, 0.2) is 53.6 Å². The van der Waals surface area contributed by atoms with Crippen molar-refractivity contribution in [3.63, 3.8) is 0 Å². The van der Waals surface area contributed by atoms with Crippen LogP contribution in [-0.2, 0) is 4.79 Å². The zero-order chi connectivity index (χ0) is 20.5. The fourth-order valence-electron chi connectivity index (χ4n) is 3.59. The van der Waals surface area contributed by atoms with Gasteiger partial charge < -0.3 is 9.47 Å². The molecule has 1 aromatic heterocycles. The molecule has 0 unspecified atom stereocenters. The molecular weight excluding hydrogens is 390 g/mol. The standard InChI is InChI=1S/C22H20ClN3O3/c1-13(27)26-20(12-19(25-26)16-6-4-5-7-21(16)29-3)17-10-14-8-9-15(28-2)11-18(14)24-22(17)23/h4-11,20H,12H2,1-3H3/t20-/m0/s1. The van der Waals surface area contributed by atoms with Crippen molar-refractivity contribution >= 4 is 34.1 Å². The van der Waals surface area contributed by atoms with Crippen LogP contribution in [0.3, 0.4) is 0 Å². The van der Waals surface area contributed by atoms with Gasteiger partial charge in [0.1, 0.15) is 16.7 Å². The van der Waals surface area contributed by atoms with Gasteiger partial charge >= 0.3 is 0 Å². The number of hydrogen-bond acceptors (Lipinski definition) is 5. The third-order valence-corrected chi connectivity index (χ3v) is 5.32. The van der Waals surface area contributed by atoms with E-state index in [9.17, 15) is 4.79 Å². The van der Waals surface area contributed by atoms with Gasteiger partial charge in [-0.1, -0.05) is 23.7 Å². The number of halogens is 1. The Hall–Kier alpha value is -3.12. The van der Waals surface area contributed by atoms with Crippen LogP contribution in [0.1, 0.15) is 30.5 Å². The number of hydrogen-bond donors (Lipinski definition) is 0. The monoisotopic (exact) mass is 409 g/mol. The molecule has 3 aromatic rings. The molecule has 2 aromatic carbocycles. The number of benzene rings is 2. The Balaban J connectivity index is 1.76. The van der Waals surface area contributed by atoms with Crippen molar-refractivity contribution in [2.24, 2.45) is 5.10 Å². The summed E-state index contributed by atoms with van der Waals surface area (Å²) in [5.41, 5.74) is 3.12. The lowest BCUT2D eigenvalue weighted by Gasteiger charge is -2.21. The van der Waals surface area contributed by atoms with Gasteiger partial charge in [-0.25, -0.2) is 9.99 Å². The van der Waals surface area contributed by atoms with Crippen molar-refractivity contribution in [2.45, 2.75) is 19.4 Å². The number of ether oxygens (including phenoxy) is 2. The van der Waals surface area contributed by atoms with E-state index in [0.29, 0.717) is 23.1 Å². The second-order valence-electron chi connectivity index (χ2n) is 6.76. The first kappa shape index (κ1) is 19.2. The summed E-state index contributed by atoms with van der Waals surface area (Å²) in [6, 6.07) is 14.9. The second-order valence-corrected chi connectivity index (χ2v) is 7.12. The summed E-state index contributed by atoms with van der Waals surface area (Å²) in [4.78, 5) is 16.9. The highest BCUT2D eigenvalue weighted by Gasteiger charge is 2.34. The molecule has 6 nitrogen and oxygen atoms in total. The largest absolute Gasteiger partial charge is 0.497 e. The molecule has 148 valence electrons. The van der Waals surface area contributed by atoms with Crippen LogP contribution in [0.5, 0.6) is 11.5 Å². The van der Waals surface area contributed by atoms with Gasteiger partial charge in [-0.2, -0.15) is 5.10 Å². The number of aromatic nitrogens is 1. The lowest BCUT2D eigenvalue weighted by Crippen LogP contribution is -2.24. The topological polar surface area (TPSA) is 64.0 Å². The Morgan fingerprint density at radius 3 is 2.66 bits per heavy atom. The van der Waals surface area contributed by atoms with E-state index >= 15 is 0 Å². The van der Waals surface area contributed by atoms with Crippen LogP contribution in [0.2, 0.25) is 5.15 Å². The van der Waals surface area contributed by atoms with Crippen LogP contribution in [0.25, 0.3) is 10.9 Å². The van der Waals surface area contributed by atoms with Crippen LogP contribution < -0.4 is 9.47 Å². The molecule has 4 rings (SSSR count). The summed E-state index contributed by atoms with van der Waals surface area (Å²) in [5.74, 6) is 1.26. The number of methoxy groups -OCH3 is 2. The number of fused-ring (bicyclic) bond motifs is 1. The predicted octanol–water partition coefficient (Wildman–Crippen LogP) is 4.60. The lowest BCUT2D eigenvalue weighted by atomic mass is 9.98. The summed E-state index contributed by atoms with van der Waals surface area (Å²) in [6.07, 6.45) is 0.517. The molecule has 0 N–H and O–H groups in total. The van der Waals surface area contributed by atoms with Crippen molar-refractivity contribution in [1.82, 2.24) is 9.99 Å². The van der Waals surface area contributed by atoms with Gasteiger partial charge in [-0.05, 0) is 30.3 Å². The van der Waals surface area contributed by atoms with E-state index in [1.165, 1.54) is 11.9 Å². The minimum atomic E-state index is -0.334. The number of para-hydroxylation sites is 1. The minimum absolute atomic E-state index is 0.161. The van der Waals surface area contributed by atoms with Crippen molar-refractivity contribution in [3.05, 3.63) is 64.8 Å². The van der Waals surface area contributed by atoms with E-state index < -0.39 is 0 Å². The first-order chi connectivity index (χ1) is 14.0. The Morgan fingerprint density at radius 2 is 1.93 bits per heavy atom. The average molecular weight is 410 g/mol.